The van der Waals surface area contributed by atoms with E-state index in [-0.39, 0.29) is 21.7 Å². The Morgan fingerprint density at radius 1 is 1.32 bits per heavy atom. The van der Waals surface area contributed by atoms with Crippen LogP contribution in [0, 0.1) is 0 Å². The van der Waals surface area contributed by atoms with Crippen LogP contribution in [0.4, 0.5) is 0 Å². The Bertz CT molecular complexity index is 710. The quantitative estimate of drug-likeness (QED) is 0.786. The molecule has 0 radical (unpaired) electrons. The molecule has 1 amide bonds. The third-order valence-electron chi connectivity index (χ3n) is 4.55. The number of sulfonamides is 1. The van der Waals surface area contributed by atoms with Crippen LogP contribution < -0.4 is 5.32 Å². The molecule has 6 nitrogen and oxygen atoms in total. The number of amides is 1. The van der Waals surface area contributed by atoms with Crippen molar-refractivity contribution >= 4 is 38.9 Å². The summed E-state index contributed by atoms with van der Waals surface area (Å²) in [7, 11) is -3.53. The maximum Gasteiger partial charge on any atom is 0.252 e. The van der Waals surface area contributed by atoms with Gasteiger partial charge in [0.15, 0.2) is 0 Å². The minimum atomic E-state index is -3.53. The summed E-state index contributed by atoms with van der Waals surface area (Å²) >= 11 is 6.90. The average Bonchev–Trinajstić information content (AvgIpc) is 3.01. The van der Waals surface area contributed by atoms with E-state index in [0.29, 0.717) is 30.5 Å². The van der Waals surface area contributed by atoms with Crippen molar-refractivity contribution in [2.75, 3.05) is 26.2 Å². The number of hydrogen-bond donors (Lipinski definition) is 1. The van der Waals surface area contributed by atoms with E-state index in [0.717, 1.165) is 17.8 Å². The molecule has 0 saturated carbocycles. The van der Waals surface area contributed by atoms with E-state index in [1.54, 1.807) is 11.0 Å². The van der Waals surface area contributed by atoms with Gasteiger partial charge in [0.2, 0.25) is 5.91 Å². The molecule has 2 rings (SSSR count). The van der Waals surface area contributed by atoms with Gasteiger partial charge in [-0.05, 0) is 39.3 Å². The van der Waals surface area contributed by atoms with Crippen LogP contribution in [0.2, 0.25) is 4.34 Å². The lowest BCUT2D eigenvalue weighted by Crippen LogP contribution is -2.57. The highest BCUT2D eigenvalue weighted by molar-refractivity contribution is 7.91. The fourth-order valence-corrected chi connectivity index (χ4v) is 5.80. The van der Waals surface area contributed by atoms with Gasteiger partial charge in [-0.25, -0.2) is 8.42 Å². The minimum absolute atomic E-state index is 0.0118. The minimum Gasteiger partial charge on any atom is -0.339 e. The Labute approximate surface area is 159 Å². The molecular formula is C16H26ClN3O3S2. The Morgan fingerprint density at radius 3 is 2.40 bits per heavy atom. The van der Waals surface area contributed by atoms with Gasteiger partial charge < -0.3 is 10.2 Å². The molecule has 0 aromatic carbocycles. The van der Waals surface area contributed by atoms with Crippen molar-refractivity contribution in [2.45, 2.75) is 49.9 Å². The molecule has 0 aliphatic carbocycles. The SMILES string of the molecule is CCC(C)(C)N[C@@H](C)C(=O)N1CCN(S(=O)(=O)c2ccc(Cl)s2)CC1. The van der Waals surface area contributed by atoms with E-state index < -0.39 is 10.0 Å². The molecule has 0 bridgehead atoms. The summed E-state index contributed by atoms with van der Waals surface area (Å²) < 4.78 is 27.3. The van der Waals surface area contributed by atoms with Crippen molar-refractivity contribution in [3.05, 3.63) is 16.5 Å². The standard InChI is InChI=1S/C16H26ClN3O3S2/c1-5-16(3,4)18-12(2)15(21)19-8-10-20(11-9-19)25(22,23)14-7-6-13(17)24-14/h6-7,12,18H,5,8-11H2,1-4H3/t12-/m0/s1. The molecular weight excluding hydrogens is 382 g/mol. The van der Waals surface area contributed by atoms with Gasteiger partial charge in [0.25, 0.3) is 10.0 Å². The number of nitrogens with zero attached hydrogens (tertiary/aromatic N) is 2. The van der Waals surface area contributed by atoms with Crippen LogP contribution in [0.25, 0.3) is 0 Å². The van der Waals surface area contributed by atoms with E-state index >= 15 is 0 Å². The normalized spacial score (nSPS) is 18.4. The molecule has 0 unspecified atom stereocenters. The van der Waals surface area contributed by atoms with Crippen molar-refractivity contribution in [3.63, 3.8) is 0 Å². The van der Waals surface area contributed by atoms with Crippen LogP contribution in [0.5, 0.6) is 0 Å². The van der Waals surface area contributed by atoms with Gasteiger partial charge in [-0.3, -0.25) is 4.79 Å². The molecule has 1 aliphatic rings. The number of piperazine rings is 1. The largest absolute Gasteiger partial charge is 0.339 e. The number of carbonyl (C=O) groups is 1. The second-order valence-electron chi connectivity index (χ2n) is 6.89. The van der Waals surface area contributed by atoms with E-state index in [1.807, 2.05) is 6.92 Å². The highest BCUT2D eigenvalue weighted by Gasteiger charge is 2.33. The van der Waals surface area contributed by atoms with E-state index in [1.165, 1.54) is 10.4 Å². The molecule has 1 aromatic rings. The van der Waals surface area contributed by atoms with Gasteiger partial charge in [-0.1, -0.05) is 18.5 Å². The Morgan fingerprint density at radius 2 is 1.92 bits per heavy atom. The van der Waals surface area contributed by atoms with Crippen molar-refractivity contribution < 1.29 is 13.2 Å². The second-order valence-corrected chi connectivity index (χ2v) is 10.8. The van der Waals surface area contributed by atoms with Gasteiger partial charge in [0.1, 0.15) is 4.21 Å². The summed E-state index contributed by atoms with van der Waals surface area (Å²) in [6.45, 7) is 9.45. The highest BCUT2D eigenvalue weighted by atomic mass is 35.5. The topological polar surface area (TPSA) is 69.7 Å². The van der Waals surface area contributed by atoms with Gasteiger partial charge in [-0.15, -0.1) is 11.3 Å². The first-order valence-corrected chi connectivity index (χ1v) is 11.0. The third kappa shape index (κ3) is 4.95. The molecule has 9 heteroatoms. The first kappa shape index (κ1) is 20.6. The van der Waals surface area contributed by atoms with Gasteiger partial charge >= 0.3 is 0 Å². The smallest absolute Gasteiger partial charge is 0.252 e. The van der Waals surface area contributed by atoms with E-state index in [9.17, 15) is 13.2 Å². The van der Waals surface area contributed by atoms with Crippen LogP contribution in [0.3, 0.4) is 0 Å². The van der Waals surface area contributed by atoms with Gasteiger partial charge in [0.05, 0.1) is 10.4 Å². The lowest BCUT2D eigenvalue weighted by molar-refractivity contribution is -0.134. The Kier molecular flexibility index (Phi) is 6.54. The van der Waals surface area contributed by atoms with Crippen LogP contribution >= 0.6 is 22.9 Å². The molecule has 1 N–H and O–H groups in total. The molecule has 1 aliphatic heterocycles. The average molecular weight is 408 g/mol. The van der Waals surface area contributed by atoms with Crippen molar-refractivity contribution in [1.82, 2.24) is 14.5 Å². The Hall–Kier alpha value is -0.670. The maximum atomic E-state index is 12.6. The van der Waals surface area contributed by atoms with Crippen LogP contribution in [0.15, 0.2) is 16.3 Å². The Balaban J connectivity index is 1.96. The summed E-state index contributed by atoms with van der Waals surface area (Å²) in [6.07, 6.45) is 0.917. The summed E-state index contributed by atoms with van der Waals surface area (Å²) in [6, 6.07) is 2.81. The molecule has 25 heavy (non-hydrogen) atoms. The number of hydrogen-bond acceptors (Lipinski definition) is 5. The van der Waals surface area contributed by atoms with Crippen LogP contribution in [0.1, 0.15) is 34.1 Å². The van der Waals surface area contributed by atoms with E-state index in [2.05, 4.69) is 26.1 Å². The number of halogens is 1. The van der Waals surface area contributed by atoms with Crippen molar-refractivity contribution in [1.29, 1.82) is 0 Å². The number of nitrogens with one attached hydrogen (secondary N) is 1. The predicted molar refractivity (Wildman–Crippen MR) is 102 cm³/mol. The lowest BCUT2D eigenvalue weighted by Gasteiger charge is -2.37. The molecule has 0 spiro atoms. The zero-order valence-electron chi connectivity index (χ0n) is 15.1. The molecule has 2 heterocycles. The lowest BCUT2D eigenvalue weighted by atomic mass is 10.0. The first-order valence-electron chi connectivity index (χ1n) is 8.39. The van der Waals surface area contributed by atoms with Crippen molar-refractivity contribution in [3.8, 4) is 0 Å². The monoisotopic (exact) mass is 407 g/mol. The first-order chi connectivity index (χ1) is 11.6. The number of thiophene rings is 1. The zero-order valence-corrected chi connectivity index (χ0v) is 17.5. The summed E-state index contributed by atoms with van der Waals surface area (Å²) in [5, 5.41) is 3.34. The van der Waals surface area contributed by atoms with Crippen molar-refractivity contribution in [2.24, 2.45) is 0 Å². The van der Waals surface area contributed by atoms with Crippen LogP contribution in [-0.2, 0) is 14.8 Å². The maximum absolute atomic E-state index is 12.6. The molecule has 1 saturated heterocycles. The molecule has 1 fully saturated rings. The number of rotatable bonds is 6. The highest BCUT2D eigenvalue weighted by Crippen LogP contribution is 2.28. The molecule has 142 valence electrons. The van der Waals surface area contributed by atoms with Gasteiger partial charge in [0, 0.05) is 31.7 Å². The zero-order chi connectivity index (χ0) is 18.8. The summed E-state index contributed by atoms with van der Waals surface area (Å²) in [5.74, 6) is 0.0118. The second kappa shape index (κ2) is 7.92. The predicted octanol–water partition coefficient (Wildman–Crippen LogP) is 2.40. The van der Waals surface area contributed by atoms with Crippen LogP contribution in [-0.4, -0.2) is 61.3 Å². The third-order valence-corrected chi connectivity index (χ3v) is 8.15. The number of carbonyl (C=O) groups excluding carboxylic acids is 1. The summed E-state index contributed by atoms with van der Waals surface area (Å²) in [5.41, 5.74) is -0.112. The molecule has 1 atom stereocenters. The van der Waals surface area contributed by atoms with Gasteiger partial charge in [-0.2, -0.15) is 4.31 Å². The fourth-order valence-electron chi connectivity index (χ4n) is 2.74. The molecule has 1 aromatic heterocycles. The van der Waals surface area contributed by atoms with E-state index in [4.69, 9.17) is 11.6 Å². The summed E-state index contributed by atoms with van der Waals surface area (Å²) in [4.78, 5) is 14.3. The fraction of sp³-hybridized carbons (Fsp3) is 0.688.